The lowest BCUT2D eigenvalue weighted by Crippen LogP contribution is -2.29. The topological polar surface area (TPSA) is 68.7 Å². The van der Waals surface area contributed by atoms with Crippen LogP contribution in [-0.2, 0) is 22.4 Å². The Kier molecular flexibility index (Phi) is 7.19. The summed E-state index contributed by atoms with van der Waals surface area (Å²) in [7, 11) is 1.40. The quantitative estimate of drug-likeness (QED) is 0.554. The molecule has 0 saturated carbocycles. The van der Waals surface area contributed by atoms with Gasteiger partial charge in [-0.05, 0) is 66.3 Å². The number of benzene rings is 2. The van der Waals surface area contributed by atoms with Crippen LogP contribution >= 0.6 is 0 Å². The molecule has 0 bridgehead atoms. The molecule has 29 heavy (non-hydrogen) atoms. The Balaban J connectivity index is 1.58. The molecular weight excluding hydrogens is 366 g/mol. The number of methoxy groups -OCH3 is 1. The molecule has 0 spiro atoms. The predicted molar refractivity (Wildman–Crippen MR) is 113 cm³/mol. The lowest BCUT2D eigenvalue weighted by molar-refractivity contribution is -0.140. The predicted octanol–water partition coefficient (Wildman–Crippen LogP) is 4.10. The number of carbonyl (C=O) groups excluding carboxylic acids is 1. The maximum atomic E-state index is 11.3. The van der Waals surface area contributed by atoms with Gasteiger partial charge in [0.05, 0.1) is 13.2 Å². The number of nitrogens with zero attached hydrogens (tertiary/aromatic N) is 1. The molecule has 3 aromatic rings. The van der Waals surface area contributed by atoms with Crippen molar-refractivity contribution in [3.63, 3.8) is 0 Å². The van der Waals surface area contributed by atoms with E-state index in [1.165, 1.54) is 7.11 Å². The van der Waals surface area contributed by atoms with Crippen molar-refractivity contribution in [1.29, 1.82) is 0 Å². The Labute approximate surface area is 171 Å². The van der Waals surface area contributed by atoms with E-state index in [4.69, 9.17) is 9.47 Å². The fourth-order valence-corrected chi connectivity index (χ4v) is 3.24. The van der Waals surface area contributed by atoms with Gasteiger partial charge in [-0.1, -0.05) is 30.3 Å². The molecule has 0 saturated heterocycles. The maximum absolute atomic E-state index is 11.3. The standard InChI is InChI=1S/C24H27NO4/c1-17(23(26)11-6-19-4-3-13-25-16-19)29-22-10-9-20-14-18(5-8-21(20)15-22)7-12-24(27)28-2/h3-5,8-10,13-17,23,26H,6-7,11-12H2,1-2H3/t17-,23+/m0/s1. The third kappa shape index (κ3) is 6.03. The lowest BCUT2D eigenvalue weighted by Gasteiger charge is -2.21. The van der Waals surface area contributed by atoms with E-state index in [9.17, 15) is 9.90 Å². The van der Waals surface area contributed by atoms with Gasteiger partial charge in [0.15, 0.2) is 0 Å². The fourth-order valence-electron chi connectivity index (χ4n) is 3.24. The van der Waals surface area contributed by atoms with Crippen molar-refractivity contribution < 1.29 is 19.4 Å². The van der Waals surface area contributed by atoms with Gasteiger partial charge < -0.3 is 14.6 Å². The SMILES string of the molecule is COC(=O)CCc1ccc2cc(O[C@@H](C)[C@H](O)CCc3cccnc3)ccc2c1. The van der Waals surface area contributed by atoms with Crippen LogP contribution in [0.1, 0.15) is 30.9 Å². The number of pyridine rings is 1. The minimum Gasteiger partial charge on any atom is -0.488 e. The Morgan fingerprint density at radius 1 is 1.07 bits per heavy atom. The van der Waals surface area contributed by atoms with Crippen LogP contribution in [0.25, 0.3) is 10.8 Å². The van der Waals surface area contributed by atoms with Crippen LogP contribution in [0.2, 0.25) is 0 Å². The third-order valence-corrected chi connectivity index (χ3v) is 5.04. The molecule has 5 nitrogen and oxygen atoms in total. The molecule has 0 unspecified atom stereocenters. The van der Waals surface area contributed by atoms with Gasteiger partial charge in [0, 0.05) is 18.8 Å². The molecule has 0 radical (unpaired) electrons. The Bertz CT molecular complexity index is 942. The second-order valence-corrected chi connectivity index (χ2v) is 7.21. The smallest absolute Gasteiger partial charge is 0.305 e. The monoisotopic (exact) mass is 393 g/mol. The minimum atomic E-state index is -0.563. The van der Waals surface area contributed by atoms with Crippen LogP contribution in [0.15, 0.2) is 60.9 Å². The number of rotatable bonds is 9. The number of aliphatic hydroxyl groups is 1. The number of hydrogen-bond donors (Lipinski definition) is 1. The first-order chi connectivity index (χ1) is 14.0. The summed E-state index contributed by atoms with van der Waals surface area (Å²) < 4.78 is 10.7. The van der Waals surface area contributed by atoms with Crippen LogP contribution in [-0.4, -0.2) is 35.4 Å². The van der Waals surface area contributed by atoms with Crippen molar-refractivity contribution in [3.8, 4) is 5.75 Å². The Morgan fingerprint density at radius 2 is 1.86 bits per heavy atom. The highest BCUT2D eigenvalue weighted by Crippen LogP contribution is 2.24. The number of aliphatic hydroxyl groups excluding tert-OH is 1. The lowest BCUT2D eigenvalue weighted by atomic mass is 10.0. The van der Waals surface area contributed by atoms with Gasteiger partial charge in [-0.2, -0.15) is 0 Å². The fraction of sp³-hybridized carbons (Fsp3) is 0.333. The molecule has 0 fully saturated rings. The van der Waals surface area contributed by atoms with Gasteiger partial charge >= 0.3 is 5.97 Å². The first kappa shape index (κ1) is 20.8. The summed E-state index contributed by atoms with van der Waals surface area (Å²) in [6, 6.07) is 15.9. The average molecular weight is 393 g/mol. The zero-order valence-corrected chi connectivity index (χ0v) is 16.9. The van der Waals surface area contributed by atoms with E-state index in [-0.39, 0.29) is 12.1 Å². The highest BCUT2D eigenvalue weighted by molar-refractivity contribution is 5.84. The van der Waals surface area contributed by atoms with E-state index < -0.39 is 6.10 Å². The Morgan fingerprint density at radius 3 is 2.62 bits per heavy atom. The van der Waals surface area contributed by atoms with Crippen LogP contribution in [0.5, 0.6) is 5.75 Å². The van der Waals surface area contributed by atoms with E-state index in [2.05, 4.69) is 11.1 Å². The molecular formula is C24H27NO4. The first-order valence-corrected chi connectivity index (χ1v) is 9.88. The summed E-state index contributed by atoms with van der Waals surface area (Å²) in [4.78, 5) is 15.4. The molecule has 0 aliphatic heterocycles. The number of ether oxygens (including phenoxy) is 2. The molecule has 1 N–H and O–H groups in total. The molecule has 152 valence electrons. The van der Waals surface area contributed by atoms with Gasteiger partial charge in [0.2, 0.25) is 0 Å². The second kappa shape index (κ2) is 10.0. The van der Waals surface area contributed by atoms with E-state index in [1.54, 1.807) is 6.20 Å². The van der Waals surface area contributed by atoms with Crippen molar-refractivity contribution in [2.24, 2.45) is 0 Å². The van der Waals surface area contributed by atoms with Crippen molar-refractivity contribution in [2.45, 2.75) is 44.8 Å². The number of hydrogen-bond acceptors (Lipinski definition) is 5. The minimum absolute atomic E-state index is 0.204. The highest BCUT2D eigenvalue weighted by atomic mass is 16.5. The summed E-state index contributed by atoms with van der Waals surface area (Å²) in [5.41, 5.74) is 2.20. The molecule has 0 aliphatic carbocycles. The first-order valence-electron chi connectivity index (χ1n) is 9.88. The van der Waals surface area contributed by atoms with Crippen LogP contribution in [0.4, 0.5) is 0 Å². The van der Waals surface area contributed by atoms with Crippen molar-refractivity contribution in [3.05, 3.63) is 72.1 Å². The Hall–Kier alpha value is -2.92. The van der Waals surface area contributed by atoms with Gasteiger partial charge in [0.1, 0.15) is 11.9 Å². The summed E-state index contributed by atoms with van der Waals surface area (Å²) >= 11 is 0. The number of aromatic nitrogens is 1. The van der Waals surface area contributed by atoms with Gasteiger partial charge in [-0.15, -0.1) is 0 Å². The number of carbonyl (C=O) groups is 1. The molecule has 3 rings (SSSR count). The molecule has 2 aromatic carbocycles. The number of fused-ring (bicyclic) bond motifs is 1. The van der Waals surface area contributed by atoms with E-state index in [0.717, 1.165) is 34.1 Å². The largest absolute Gasteiger partial charge is 0.488 e. The van der Waals surface area contributed by atoms with Gasteiger partial charge in [-0.25, -0.2) is 0 Å². The van der Waals surface area contributed by atoms with Crippen molar-refractivity contribution in [1.82, 2.24) is 4.98 Å². The number of aryl methyl sites for hydroxylation is 2. The van der Waals surface area contributed by atoms with Crippen LogP contribution in [0, 0.1) is 0 Å². The zero-order chi connectivity index (χ0) is 20.6. The number of esters is 1. The second-order valence-electron chi connectivity index (χ2n) is 7.21. The molecule has 1 aromatic heterocycles. The van der Waals surface area contributed by atoms with Crippen molar-refractivity contribution >= 4 is 16.7 Å². The molecule has 5 heteroatoms. The van der Waals surface area contributed by atoms with E-state index in [0.29, 0.717) is 19.3 Å². The normalized spacial score (nSPS) is 13.1. The van der Waals surface area contributed by atoms with Gasteiger partial charge in [0.25, 0.3) is 0 Å². The highest BCUT2D eigenvalue weighted by Gasteiger charge is 2.16. The van der Waals surface area contributed by atoms with Gasteiger partial charge in [-0.3, -0.25) is 9.78 Å². The molecule has 0 amide bonds. The zero-order valence-electron chi connectivity index (χ0n) is 16.9. The van der Waals surface area contributed by atoms with Crippen LogP contribution in [0.3, 0.4) is 0 Å². The summed E-state index contributed by atoms with van der Waals surface area (Å²) in [6.45, 7) is 1.88. The molecule has 0 aliphatic rings. The third-order valence-electron chi connectivity index (χ3n) is 5.04. The van der Waals surface area contributed by atoms with Crippen LogP contribution < -0.4 is 4.74 Å². The molecule has 2 atom stereocenters. The average Bonchev–Trinajstić information content (AvgIpc) is 2.76. The summed E-state index contributed by atoms with van der Waals surface area (Å²) in [5.74, 6) is 0.526. The molecule has 1 heterocycles. The van der Waals surface area contributed by atoms with Crippen molar-refractivity contribution in [2.75, 3.05) is 7.11 Å². The van der Waals surface area contributed by atoms with E-state index in [1.807, 2.05) is 55.6 Å². The maximum Gasteiger partial charge on any atom is 0.305 e. The summed E-state index contributed by atoms with van der Waals surface area (Å²) in [5, 5.41) is 12.6. The van der Waals surface area contributed by atoms with E-state index >= 15 is 0 Å². The summed E-state index contributed by atoms with van der Waals surface area (Å²) in [6.07, 6.45) is 5.08.